The normalized spacial score (nSPS) is 15.5. The largest absolute Gasteiger partial charge is 0.393 e. The Labute approximate surface area is 65.1 Å². The van der Waals surface area contributed by atoms with Crippen molar-refractivity contribution in [3.05, 3.63) is 10.1 Å². The Bertz CT molecular complexity index is 126. The molecule has 2 atom stereocenters. The lowest BCUT2D eigenvalue weighted by molar-refractivity contribution is -0.767. The van der Waals surface area contributed by atoms with Crippen LogP contribution in [0.3, 0.4) is 0 Å². The first-order valence-corrected chi connectivity index (χ1v) is 3.51. The maximum Gasteiger partial charge on any atom is 0.294 e. The van der Waals surface area contributed by atoms with Gasteiger partial charge < -0.3 is 9.94 Å². The minimum absolute atomic E-state index is 0.423. The number of aliphatic hydroxyl groups is 1. The van der Waals surface area contributed by atoms with Gasteiger partial charge in [-0.3, -0.25) is 0 Å². The first-order chi connectivity index (χ1) is 5.02. The van der Waals surface area contributed by atoms with Crippen LogP contribution in [0.4, 0.5) is 0 Å². The van der Waals surface area contributed by atoms with E-state index in [1.54, 1.807) is 13.8 Å². The molecule has 0 radical (unpaired) electrons. The van der Waals surface area contributed by atoms with Crippen LogP contribution in [-0.4, -0.2) is 22.4 Å². The molecule has 0 amide bonds. The van der Waals surface area contributed by atoms with Crippen LogP contribution in [0.5, 0.6) is 0 Å². The smallest absolute Gasteiger partial charge is 0.294 e. The molecule has 0 aliphatic carbocycles. The highest BCUT2D eigenvalue weighted by Gasteiger charge is 2.07. The van der Waals surface area contributed by atoms with Crippen LogP contribution in [0.2, 0.25) is 0 Å². The Morgan fingerprint density at radius 3 is 2.45 bits per heavy atom. The molecule has 0 aromatic rings. The standard InChI is InChI=1S/C6H13NO4/c1-5(8)3-4-6(2)11-7(9)10/h5-6,8H,3-4H2,1-2H3. The van der Waals surface area contributed by atoms with Crippen molar-refractivity contribution in [3.8, 4) is 0 Å². The summed E-state index contributed by atoms with van der Waals surface area (Å²) in [6.45, 7) is 3.24. The summed E-state index contributed by atoms with van der Waals surface area (Å²) >= 11 is 0. The molecule has 0 heterocycles. The van der Waals surface area contributed by atoms with Crippen molar-refractivity contribution >= 4 is 0 Å². The lowest BCUT2D eigenvalue weighted by Gasteiger charge is -2.09. The van der Waals surface area contributed by atoms with Crippen molar-refractivity contribution in [1.82, 2.24) is 0 Å². The highest BCUT2D eigenvalue weighted by Crippen LogP contribution is 2.03. The van der Waals surface area contributed by atoms with Gasteiger partial charge >= 0.3 is 0 Å². The Morgan fingerprint density at radius 1 is 1.55 bits per heavy atom. The number of rotatable bonds is 5. The average molecular weight is 163 g/mol. The Morgan fingerprint density at radius 2 is 2.09 bits per heavy atom. The minimum Gasteiger partial charge on any atom is -0.393 e. The molecule has 1 N–H and O–H groups in total. The second kappa shape index (κ2) is 4.90. The third-order valence-electron chi connectivity index (χ3n) is 1.26. The molecular formula is C6H13NO4. The number of aliphatic hydroxyl groups excluding tert-OH is 1. The van der Waals surface area contributed by atoms with Crippen molar-refractivity contribution in [2.45, 2.75) is 38.9 Å². The van der Waals surface area contributed by atoms with Gasteiger partial charge in [0.25, 0.3) is 5.09 Å². The van der Waals surface area contributed by atoms with Crippen LogP contribution in [0.25, 0.3) is 0 Å². The first-order valence-electron chi connectivity index (χ1n) is 3.51. The van der Waals surface area contributed by atoms with Gasteiger partial charge in [0.2, 0.25) is 0 Å². The number of hydrogen-bond donors (Lipinski definition) is 1. The Balaban J connectivity index is 3.37. The lowest BCUT2D eigenvalue weighted by atomic mass is 10.1. The van der Waals surface area contributed by atoms with Crippen molar-refractivity contribution < 1.29 is 15.0 Å². The van der Waals surface area contributed by atoms with Crippen molar-refractivity contribution in [3.63, 3.8) is 0 Å². The van der Waals surface area contributed by atoms with E-state index >= 15 is 0 Å². The Hall–Kier alpha value is -0.840. The van der Waals surface area contributed by atoms with Gasteiger partial charge in [-0.25, -0.2) is 0 Å². The summed E-state index contributed by atoms with van der Waals surface area (Å²) in [7, 11) is 0. The summed E-state index contributed by atoms with van der Waals surface area (Å²) in [6, 6.07) is 0. The minimum atomic E-state index is -0.813. The number of hydrogen-bond acceptors (Lipinski definition) is 4. The molecule has 0 aromatic carbocycles. The maximum absolute atomic E-state index is 9.78. The predicted octanol–water partition coefficient (Wildman–Crippen LogP) is 0.744. The molecule has 0 saturated carbocycles. The highest BCUT2D eigenvalue weighted by atomic mass is 17.0. The van der Waals surface area contributed by atoms with Crippen LogP contribution >= 0.6 is 0 Å². The van der Waals surface area contributed by atoms with Gasteiger partial charge in [-0.1, -0.05) is 0 Å². The van der Waals surface area contributed by atoms with Crippen molar-refractivity contribution in [2.24, 2.45) is 0 Å². The zero-order valence-corrected chi connectivity index (χ0v) is 6.69. The fourth-order valence-electron chi connectivity index (χ4n) is 0.676. The van der Waals surface area contributed by atoms with Gasteiger partial charge in [0.1, 0.15) is 6.10 Å². The van der Waals surface area contributed by atoms with E-state index < -0.39 is 17.3 Å². The molecular weight excluding hydrogens is 150 g/mol. The number of nitrogens with zero attached hydrogens (tertiary/aromatic N) is 1. The summed E-state index contributed by atoms with van der Waals surface area (Å²) in [4.78, 5) is 14.0. The zero-order valence-electron chi connectivity index (χ0n) is 6.69. The molecule has 0 aromatic heterocycles. The van der Waals surface area contributed by atoms with E-state index in [4.69, 9.17) is 5.11 Å². The molecule has 11 heavy (non-hydrogen) atoms. The molecule has 0 saturated heterocycles. The zero-order chi connectivity index (χ0) is 8.85. The molecule has 0 fully saturated rings. The van der Waals surface area contributed by atoms with Crippen LogP contribution in [0.1, 0.15) is 26.7 Å². The van der Waals surface area contributed by atoms with Crippen LogP contribution in [0.15, 0.2) is 0 Å². The third kappa shape index (κ3) is 7.05. The molecule has 2 unspecified atom stereocenters. The summed E-state index contributed by atoms with van der Waals surface area (Å²) in [6.07, 6.45) is 0.167. The van der Waals surface area contributed by atoms with E-state index in [0.717, 1.165) is 0 Å². The maximum atomic E-state index is 9.78. The topological polar surface area (TPSA) is 72.6 Å². The summed E-state index contributed by atoms with van der Waals surface area (Å²) in [5.41, 5.74) is 0. The quantitative estimate of drug-likeness (QED) is 0.479. The van der Waals surface area contributed by atoms with E-state index in [9.17, 15) is 10.1 Å². The van der Waals surface area contributed by atoms with E-state index in [1.165, 1.54) is 0 Å². The molecule has 5 heteroatoms. The SMILES string of the molecule is CC(O)CCC(C)O[N+](=O)[O-]. The predicted molar refractivity (Wildman–Crippen MR) is 38.5 cm³/mol. The van der Waals surface area contributed by atoms with Gasteiger partial charge in [0.15, 0.2) is 0 Å². The van der Waals surface area contributed by atoms with Gasteiger partial charge in [-0.2, -0.15) is 0 Å². The van der Waals surface area contributed by atoms with Gasteiger partial charge in [0.05, 0.1) is 6.10 Å². The van der Waals surface area contributed by atoms with E-state index in [-0.39, 0.29) is 0 Å². The molecule has 5 nitrogen and oxygen atoms in total. The molecule has 66 valence electrons. The van der Waals surface area contributed by atoms with Gasteiger partial charge in [0, 0.05) is 0 Å². The van der Waals surface area contributed by atoms with Crippen LogP contribution < -0.4 is 0 Å². The third-order valence-corrected chi connectivity index (χ3v) is 1.26. The Kier molecular flexibility index (Phi) is 4.52. The van der Waals surface area contributed by atoms with Crippen LogP contribution in [-0.2, 0) is 4.84 Å². The molecule has 0 spiro atoms. The van der Waals surface area contributed by atoms with E-state index in [2.05, 4.69) is 4.84 Å². The summed E-state index contributed by atoms with van der Waals surface area (Å²) < 4.78 is 0. The monoisotopic (exact) mass is 163 g/mol. The van der Waals surface area contributed by atoms with Crippen molar-refractivity contribution in [2.75, 3.05) is 0 Å². The van der Waals surface area contributed by atoms with E-state index in [1.807, 2.05) is 0 Å². The van der Waals surface area contributed by atoms with Gasteiger partial charge in [-0.05, 0) is 26.7 Å². The fraction of sp³-hybridized carbons (Fsp3) is 1.00. The highest BCUT2D eigenvalue weighted by molar-refractivity contribution is 4.52. The summed E-state index contributed by atoms with van der Waals surface area (Å²) in [5, 5.41) is 17.8. The van der Waals surface area contributed by atoms with E-state index in [0.29, 0.717) is 12.8 Å². The van der Waals surface area contributed by atoms with Crippen molar-refractivity contribution in [1.29, 1.82) is 0 Å². The average Bonchev–Trinajstić information content (AvgIpc) is 1.82. The second-order valence-corrected chi connectivity index (χ2v) is 2.57. The molecule has 0 rings (SSSR count). The lowest BCUT2D eigenvalue weighted by Crippen LogP contribution is -2.15. The fourth-order valence-corrected chi connectivity index (χ4v) is 0.676. The second-order valence-electron chi connectivity index (χ2n) is 2.57. The summed E-state index contributed by atoms with van der Waals surface area (Å²) in [5.74, 6) is 0. The molecule has 0 aliphatic rings. The van der Waals surface area contributed by atoms with Crippen LogP contribution in [0, 0.1) is 10.1 Å². The first kappa shape index (κ1) is 10.2. The molecule has 0 bridgehead atoms. The molecule has 0 aliphatic heterocycles. The van der Waals surface area contributed by atoms with Gasteiger partial charge in [-0.15, -0.1) is 10.1 Å².